The van der Waals surface area contributed by atoms with Crippen molar-refractivity contribution in [3.05, 3.63) is 0 Å². The summed E-state index contributed by atoms with van der Waals surface area (Å²) in [6.07, 6.45) is 1.73. The topological polar surface area (TPSA) is 72.3 Å². The Morgan fingerprint density at radius 3 is 2.50 bits per heavy atom. The maximum atomic E-state index is 8.40. The van der Waals surface area contributed by atoms with Crippen molar-refractivity contribution in [2.45, 2.75) is 18.9 Å². The van der Waals surface area contributed by atoms with Crippen LogP contribution in [0.5, 0.6) is 0 Å². The zero-order valence-electron chi connectivity index (χ0n) is 5.01. The third-order valence-corrected chi connectivity index (χ3v) is 1.01. The Balaban J connectivity index is 2.86. The summed E-state index contributed by atoms with van der Waals surface area (Å²) in [7, 11) is 0. The number of hydrogen-bond donors (Lipinski definition) is 3. The second-order valence-corrected chi connectivity index (χ2v) is 1.87. The molecule has 3 nitrogen and oxygen atoms in total. The molecule has 0 saturated heterocycles. The molecule has 0 aliphatic heterocycles. The molecular weight excluding hydrogens is 104 g/mol. The van der Waals surface area contributed by atoms with Crippen molar-refractivity contribution < 1.29 is 5.11 Å². The van der Waals surface area contributed by atoms with Crippen LogP contribution in [0.3, 0.4) is 0 Å². The van der Waals surface area contributed by atoms with Gasteiger partial charge < -0.3 is 16.6 Å². The standard InChI is InChI=1S/C5H14N2O/c6-3-1-2-5(7)4-8/h5,8H,1-4,6-7H2. The molecule has 0 fully saturated rings. The first kappa shape index (κ1) is 7.88. The fourth-order valence-electron chi connectivity index (χ4n) is 0.471. The maximum absolute atomic E-state index is 8.40. The van der Waals surface area contributed by atoms with Gasteiger partial charge in [0.15, 0.2) is 0 Å². The number of aliphatic hydroxyl groups excluding tert-OH is 1. The summed E-state index contributed by atoms with van der Waals surface area (Å²) in [5, 5.41) is 8.40. The maximum Gasteiger partial charge on any atom is 0.0582 e. The molecule has 0 aromatic rings. The molecule has 0 aliphatic carbocycles. The van der Waals surface area contributed by atoms with Crippen molar-refractivity contribution in [2.75, 3.05) is 13.2 Å². The van der Waals surface area contributed by atoms with Gasteiger partial charge in [-0.25, -0.2) is 0 Å². The Bertz CT molecular complexity index is 49.7. The van der Waals surface area contributed by atoms with Crippen LogP contribution in [-0.4, -0.2) is 24.3 Å². The van der Waals surface area contributed by atoms with E-state index in [2.05, 4.69) is 0 Å². The Morgan fingerprint density at radius 2 is 2.12 bits per heavy atom. The molecule has 1 unspecified atom stereocenters. The predicted octanol–water partition coefficient (Wildman–Crippen LogP) is -0.955. The van der Waals surface area contributed by atoms with Crippen LogP contribution < -0.4 is 11.5 Å². The Morgan fingerprint density at radius 1 is 1.50 bits per heavy atom. The Kier molecular flexibility index (Phi) is 4.95. The molecule has 0 heterocycles. The van der Waals surface area contributed by atoms with Crippen LogP contribution in [0.15, 0.2) is 0 Å². The summed E-state index contributed by atoms with van der Waals surface area (Å²) in [5.74, 6) is 0. The van der Waals surface area contributed by atoms with Crippen molar-refractivity contribution >= 4 is 0 Å². The highest BCUT2D eigenvalue weighted by Crippen LogP contribution is 1.89. The molecule has 0 amide bonds. The van der Waals surface area contributed by atoms with Gasteiger partial charge in [-0.05, 0) is 19.4 Å². The normalized spacial score (nSPS) is 13.9. The van der Waals surface area contributed by atoms with Crippen LogP contribution in [0.4, 0.5) is 0 Å². The fourth-order valence-corrected chi connectivity index (χ4v) is 0.471. The molecule has 0 bridgehead atoms. The molecule has 0 aromatic heterocycles. The van der Waals surface area contributed by atoms with E-state index in [9.17, 15) is 0 Å². The summed E-state index contributed by atoms with van der Waals surface area (Å²) >= 11 is 0. The van der Waals surface area contributed by atoms with Crippen molar-refractivity contribution in [2.24, 2.45) is 11.5 Å². The minimum absolute atomic E-state index is 0.0694. The van der Waals surface area contributed by atoms with E-state index in [-0.39, 0.29) is 12.6 Å². The highest BCUT2D eigenvalue weighted by molar-refractivity contribution is 4.57. The van der Waals surface area contributed by atoms with Gasteiger partial charge in [0.05, 0.1) is 6.61 Å². The van der Waals surface area contributed by atoms with E-state index in [4.69, 9.17) is 16.6 Å². The lowest BCUT2D eigenvalue weighted by Crippen LogP contribution is -2.24. The van der Waals surface area contributed by atoms with Gasteiger partial charge in [0, 0.05) is 6.04 Å². The first-order chi connectivity index (χ1) is 3.81. The number of aliphatic hydroxyl groups is 1. The molecule has 8 heavy (non-hydrogen) atoms. The van der Waals surface area contributed by atoms with E-state index in [0.717, 1.165) is 12.8 Å². The third kappa shape index (κ3) is 4.05. The minimum Gasteiger partial charge on any atom is -0.395 e. The second-order valence-electron chi connectivity index (χ2n) is 1.87. The first-order valence-corrected chi connectivity index (χ1v) is 2.87. The molecule has 0 aliphatic rings. The lowest BCUT2D eigenvalue weighted by molar-refractivity contribution is 0.259. The zero-order chi connectivity index (χ0) is 6.41. The molecule has 0 saturated carbocycles. The largest absolute Gasteiger partial charge is 0.395 e. The summed E-state index contributed by atoms with van der Waals surface area (Å²) in [6.45, 7) is 0.730. The smallest absolute Gasteiger partial charge is 0.0582 e. The second kappa shape index (κ2) is 5.03. The van der Waals surface area contributed by atoms with Crippen molar-refractivity contribution in [1.29, 1.82) is 0 Å². The van der Waals surface area contributed by atoms with Crippen LogP contribution in [-0.2, 0) is 0 Å². The molecule has 1 atom stereocenters. The minimum atomic E-state index is -0.0708. The van der Waals surface area contributed by atoms with E-state index in [1.165, 1.54) is 0 Å². The van der Waals surface area contributed by atoms with Gasteiger partial charge in [0.1, 0.15) is 0 Å². The van der Waals surface area contributed by atoms with Gasteiger partial charge in [-0.1, -0.05) is 0 Å². The van der Waals surface area contributed by atoms with E-state index in [1.54, 1.807) is 0 Å². The van der Waals surface area contributed by atoms with E-state index in [0.29, 0.717) is 6.54 Å². The van der Waals surface area contributed by atoms with Gasteiger partial charge in [0.25, 0.3) is 0 Å². The fraction of sp³-hybridized carbons (Fsp3) is 1.00. The van der Waals surface area contributed by atoms with Crippen LogP contribution in [0.1, 0.15) is 12.8 Å². The number of hydrogen-bond acceptors (Lipinski definition) is 3. The molecular formula is C5H14N2O. The lowest BCUT2D eigenvalue weighted by atomic mass is 10.2. The summed E-state index contributed by atoms with van der Waals surface area (Å²) in [5.41, 5.74) is 10.5. The third-order valence-electron chi connectivity index (χ3n) is 1.01. The molecule has 0 radical (unpaired) electrons. The van der Waals surface area contributed by atoms with Crippen molar-refractivity contribution in [1.82, 2.24) is 0 Å². The SMILES string of the molecule is NCCCC(N)CO. The monoisotopic (exact) mass is 118 g/mol. The van der Waals surface area contributed by atoms with Gasteiger partial charge >= 0.3 is 0 Å². The highest BCUT2D eigenvalue weighted by atomic mass is 16.3. The quantitative estimate of drug-likeness (QED) is 0.445. The van der Waals surface area contributed by atoms with Gasteiger partial charge in [-0.15, -0.1) is 0 Å². The molecule has 50 valence electrons. The molecule has 3 heteroatoms. The van der Waals surface area contributed by atoms with Gasteiger partial charge in [-0.3, -0.25) is 0 Å². The van der Waals surface area contributed by atoms with E-state index >= 15 is 0 Å². The van der Waals surface area contributed by atoms with Crippen LogP contribution in [0, 0.1) is 0 Å². The Hall–Kier alpha value is -0.120. The van der Waals surface area contributed by atoms with Crippen LogP contribution in [0.25, 0.3) is 0 Å². The first-order valence-electron chi connectivity index (χ1n) is 2.87. The molecule has 0 rings (SSSR count). The number of rotatable bonds is 4. The van der Waals surface area contributed by atoms with E-state index in [1.807, 2.05) is 0 Å². The summed E-state index contributed by atoms with van der Waals surface area (Å²) < 4.78 is 0. The average Bonchev–Trinajstić information content (AvgIpc) is 1.83. The molecule has 0 aromatic carbocycles. The molecule has 0 spiro atoms. The highest BCUT2D eigenvalue weighted by Gasteiger charge is 1.96. The van der Waals surface area contributed by atoms with Crippen LogP contribution in [0.2, 0.25) is 0 Å². The lowest BCUT2D eigenvalue weighted by Gasteiger charge is -2.04. The summed E-state index contributed by atoms with van der Waals surface area (Å²) in [4.78, 5) is 0. The van der Waals surface area contributed by atoms with Crippen molar-refractivity contribution in [3.8, 4) is 0 Å². The van der Waals surface area contributed by atoms with Crippen LogP contribution >= 0.6 is 0 Å². The zero-order valence-corrected chi connectivity index (χ0v) is 5.01. The van der Waals surface area contributed by atoms with Crippen molar-refractivity contribution in [3.63, 3.8) is 0 Å². The van der Waals surface area contributed by atoms with E-state index < -0.39 is 0 Å². The summed E-state index contributed by atoms with van der Waals surface area (Å²) in [6, 6.07) is -0.0708. The van der Waals surface area contributed by atoms with Gasteiger partial charge in [0.2, 0.25) is 0 Å². The number of nitrogens with two attached hydrogens (primary N) is 2. The average molecular weight is 118 g/mol. The Labute approximate surface area is 49.7 Å². The predicted molar refractivity (Wildman–Crippen MR) is 33.3 cm³/mol. The van der Waals surface area contributed by atoms with Gasteiger partial charge in [-0.2, -0.15) is 0 Å². The molecule has 5 N–H and O–H groups in total.